The number of nitrogens with one attached hydrogen (secondary N) is 1. The molecule has 36 heavy (non-hydrogen) atoms. The molecule has 0 aliphatic rings. The SMILES string of the molecule is Cc1ccc(CSCC(=O)N(Cc2ccccc2C)[C@@H](Cc2ccccc2)C(=O)NC(C)(C)C)cc1. The van der Waals surface area contributed by atoms with E-state index in [9.17, 15) is 9.59 Å². The highest BCUT2D eigenvalue weighted by molar-refractivity contribution is 7.99. The fraction of sp³-hybridized carbons (Fsp3) is 0.355. The van der Waals surface area contributed by atoms with Gasteiger partial charge in [-0.2, -0.15) is 0 Å². The minimum Gasteiger partial charge on any atom is -0.350 e. The van der Waals surface area contributed by atoms with Crippen LogP contribution < -0.4 is 5.32 Å². The Kier molecular flexibility index (Phi) is 9.77. The Morgan fingerprint density at radius 3 is 2.14 bits per heavy atom. The highest BCUT2D eigenvalue weighted by Gasteiger charge is 2.32. The van der Waals surface area contributed by atoms with Gasteiger partial charge in [-0.05, 0) is 56.9 Å². The summed E-state index contributed by atoms with van der Waals surface area (Å²) in [6, 6.07) is 25.8. The Morgan fingerprint density at radius 2 is 1.50 bits per heavy atom. The maximum atomic E-state index is 13.7. The van der Waals surface area contributed by atoms with Gasteiger partial charge in [-0.1, -0.05) is 84.4 Å². The lowest BCUT2D eigenvalue weighted by Crippen LogP contribution is -2.54. The largest absolute Gasteiger partial charge is 0.350 e. The van der Waals surface area contributed by atoms with E-state index < -0.39 is 11.6 Å². The van der Waals surface area contributed by atoms with Gasteiger partial charge in [-0.3, -0.25) is 9.59 Å². The van der Waals surface area contributed by atoms with E-state index in [1.165, 1.54) is 11.1 Å². The summed E-state index contributed by atoms with van der Waals surface area (Å²) in [5.41, 5.74) is 5.20. The van der Waals surface area contributed by atoms with E-state index in [4.69, 9.17) is 0 Å². The molecule has 1 atom stereocenters. The van der Waals surface area contributed by atoms with E-state index >= 15 is 0 Å². The molecule has 1 N–H and O–H groups in total. The summed E-state index contributed by atoms with van der Waals surface area (Å²) in [5.74, 6) is 0.910. The zero-order valence-electron chi connectivity index (χ0n) is 22.1. The maximum absolute atomic E-state index is 13.7. The molecule has 0 unspecified atom stereocenters. The van der Waals surface area contributed by atoms with Crippen LogP contribution in [0.5, 0.6) is 0 Å². The van der Waals surface area contributed by atoms with E-state index in [0.29, 0.717) is 18.7 Å². The summed E-state index contributed by atoms with van der Waals surface area (Å²) < 4.78 is 0. The Morgan fingerprint density at radius 1 is 0.861 bits per heavy atom. The Bertz CT molecular complexity index is 1140. The van der Waals surface area contributed by atoms with Crippen molar-refractivity contribution in [2.75, 3.05) is 5.75 Å². The van der Waals surface area contributed by atoms with Gasteiger partial charge in [0.15, 0.2) is 0 Å². The molecule has 3 rings (SSSR count). The normalized spacial score (nSPS) is 12.1. The molecule has 4 nitrogen and oxygen atoms in total. The van der Waals surface area contributed by atoms with Crippen molar-refractivity contribution in [3.8, 4) is 0 Å². The van der Waals surface area contributed by atoms with Gasteiger partial charge in [-0.15, -0.1) is 11.8 Å². The zero-order chi connectivity index (χ0) is 26.1. The van der Waals surface area contributed by atoms with Crippen LogP contribution in [0, 0.1) is 13.8 Å². The predicted molar refractivity (Wildman–Crippen MR) is 151 cm³/mol. The quantitative estimate of drug-likeness (QED) is 0.365. The van der Waals surface area contributed by atoms with Gasteiger partial charge in [0, 0.05) is 24.3 Å². The molecular weight excluding hydrogens is 464 g/mol. The van der Waals surface area contributed by atoms with Gasteiger partial charge in [0.05, 0.1) is 5.75 Å². The number of thioether (sulfide) groups is 1. The van der Waals surface area contributed by atoms with Crippen molar-refractivity contribution in [2.24, 2.45) is 0 Å². The first-order valence-electron chi connectivity index (χ1n) is 12.5. The summed E-state index contributed by atoms with van der Waals surface area (Å²) in [7, 11) is 0. The minimum atomic E-state index is -0.612. The molecule has 0 heterocycles. The van der Waals surface area contributed by atoms with Crippen molar-refractivity contribution in [3.63, 3.8) is 0 Å². The second kappa shape index (κ2) is 12.8. The van der Waals surface area contributed by atoms with E-state index in [0.717, 1.165) is 22.4 Å². The van der Waals surface area contributed by atoms with E-state index in [2.05, 4.69) is 36.5 Å². The van der Waals surface area contributed by atoms with Gasteiger partial charge in [0.25, 0.3) is 0 Å². The molecule has 0 aromatic heterocycles. The van der Waals surface area contributed by atoms with Crippen LogP contribution in [-0.4, -0.2) is 34.0 Å². The van der Waals surface area contributed by atoms with Gasteiger partial charge < -0.3 is 10.2 Å². The lowest BCUT2D eigenvalue weighted by molar-refractivity contribution is -0.140. The van der Waals surface area contributed by atoms with Crippen molar-refractivity contribution in [1.82, 2.24) is 10.2 Å². The maximum Gasteiger partial charge on any atom is 0.243 e. The number of amides is 2. The van der Waals surface area contributed by atoms with E-state index in [1.54, 1.807) is 16.7 Å². The Labute approximate surface area is 220 Å². The second-order valence-electron chi connectivity index (χ2n) is 10.4. The number of aryl methyl sites for hydroxylation is 2. The van der Waals surface area contributed by atoms with Gasteiger partial charge in [-0.25, -0.2) is 0 Å². The molecule has 0 saturated heterocycles. The van der Waals surface area contributed by atoms with E-state index in [-0.39, 0.29) is 11.8 Å². The van der Waals surface area contributed by atoms with Gasteiger partial charge >= 0.3 is 0 Å². The van der Waals surface area contributed by atoms with Crippen LogP contribution in [0.3, 0.4) is 0 Å². The predicted octanol–water partition coefficient (Wildman–Crippen LogP) is 6.09. The van der Waals surface area contributed by atoms with Crippen LogP contribution in [0.2, 0.25) is 0 Å². The highest BCUT2D eigenvalue weighted by Crippen LogP contribution is 2.20. The number of hydrogen-bond acceptors (Lipinski definition) is 3. The van der Waals surface area contributed by atoms with Crippen LogP contribution in [0.25, 0.3) is 0 Å². The average molecular weight is 503 g/mol. The fourth-order valence-corrected chi connectivity index (χ4v) is 4.87. The molecule has 0 bridgehead atoms. The van der Waals surface area contributed by atoms with Crippen LogP contribution >= 0.6 is 11.8 Å². The van der Waals surface area contributed by atoms with Crippen LogP contribution in [0.4, 0.5) is 0 Å². The molecule has 5 heteroatoms. The molecule has 0 spiro atoms. The molecule has 0 aliphatic heterocycles. The lowest BCUT2D eigenvalue weighted by Gasteiger charge is -2.34. The number of nitrogens with zero attached hydrogens (tertiary/aromatic N) is 1. The number of carbonyl (C=O) groups is 2. The Hall–Kier alpha value is -3.05. The molecule has 2 amide bonds. The fourth-order valence-electron chi connectivity index (χ4n) is 4.00. The van der Waals surface area contributed by atoms with E-state index in [1.807, 2.05) is 82.3 Å². The summed E-state index contributed by atoms with van der Waals surface area (Å²) in [5, 5.41) is 3.12. The number of carbonyl (C=O) groups excluding carboxylic acids is 2. The summed E-state index contributed by atoms with van der Waals surface area (Å²) in [6.45, 7) is 10.4. The molecule has 0 fully saturated rings. The monoisotopic (exact) mass is 502 g/mol. The topological polar surface area (TPSA) is 49.4 Å². The second-order valence-corrected chi connectivity index (χ2v) is 11.4. The van der Waals surface area contributed by atoms with Gasteiger partial charge in [0.2, 0.25) is 11.8 Å². The summed E-state index contributed by atoms with van der Waals surface area (Å²) in [4.78, 5) is 29.1. The van der Waals surface area contributed by atoms with Gasteiger partial charge in [0.1, 0.15) is 6.04 Å². The third kappa shape index (κ3) is 8.56. The molecule has 0 saturated carbocycles. The van der Waals surface area contributed by atoms with Crippen LogP contribution in [0.15, 0.2) is 78.9 Å². The number of benzene rings is 3. The summed E-state index contributed by atoms with van der Waals surface area (Å²) in [6.07, 6.45) is 0.461. The zero-order valence-corrected chi connectivity index (χ0v) is 22.9. The number of hydrogen-bond donors (Lipinski definition) is 1. The first-order chi connectivity index (χ1) is 17.1. The van der Waals surface area contributed by atoms with Crippen LogP contribution in [0.1, 0.15) is 48.6 Å². The smallest absolute Gasteiger partial charge is 0.243 e. The molecule has 3 aromatic carbocycles. The molecule has 3 aromatic rings. The van der Waals surface area contributed by atoms with Crippen molar-refractivity contribution >= 4 is 23.6 Å². The standard InChI is InChI=1S/C31H38N2O2S/c1-23-15-17-26(18-16-23)21-36-22-29(34)33(20-27-14-10-9-11-24(27)2)28(30(35)32-31(3,4)5)19-25-12-7-6-8-13-25/h6-18,28H,19-22H2,1-5H3,(H,32,35)/t28-/m0/s1. The molecule has 190 valence electrons. The van der Waals surface area contributed by atoms with Crippen molar-refractivity contribution in [3.05, 3.63) is 107 Å². The first-order valence-corrected chi connectivity index (χ1v) is 13.6. The summed E-state index contributed by atoms with van der Waals surface area (Å²) >= 11 is 1.59. The average Bonchev–Trinajstić information content (AvgIpc) is 2.83. The molecule has 0 radical (unpaired) electrons. The third-order valence-electron chi connectivity index (χ3n) is 5.99. The van der Waals surface area contributed by atoms with Crippen molar-refractivity contribution < 1.29 is 9.59 Å². The first kappa shape index (κ1) is 27.5. The molecule has 0 aliphatic carbocycles. The third-order valence-corrected chi connectivity index (χ3v) is 6.97. The van der Waals surface area contributed by atoms with Crippen LogP contribution in [-0.2, 0) is 28.3 Å². The number of rotatable bonds is 10. The van der Waals surface area contributed by atoms with Crippen molar-refractivity contribution in [1.29, 1.82) is 0 Å². The minimum absolute atomic E-state index is 0.0274. The molecular formula is C31H38N2O2S. The lowest BCUT2D eigenvalue weighted by atomic mass is 10.00. The highest BCUT2D eigenvalue weighted by atomic mass is 32.2. The Balaban J connectivity index is 1.87. The van der Waals surface area contributed by atoms with Crippen molar-refractivity contribution in [2.45, 2.75) is 64.9 Å².